The number of nitrogens with zero attached hydrogens (tertiary/aromatic N) is 2. The average Bonchev–Trinajstić information content (AvgIpc) is 3.03. The molecule has 1 aromatic rings. The Labute approximate surface area is 156 Å². The van der Waals surface area contributed by atoms with E-state index in [0.29, 0.717) is 6.54 Å². The fourth-order valence-electron chi connectivity index (χ4n) is 4.17. The summed E-state index contributed by atoms with van der Waals surface area (Å²) in [6.45, 7) is 7.65. The van der Waals surface area contributed by atoms with E-state index in [1.165, 1.54) is 6.08 Å². The first-order chi connectivity index (χ1) is 12.6. The molecule has 5 heteroatoms. The third-order valence-corrected chi connectivity index (χ3v) is 5.65. The number of carbonyl (C=O) groups excluding carboxylic acids is 2. The fraction of sp³-hybridized carbons (Fsp3) is 0.619. The van der Waals surface area contributed by atoms with Crippen LogP contribution >= 0.6 is 0 Å². The standard InChI is InChI=1S/C21H30N2O3/c1-3-17-11-12-19(26-17)18-10-6-5-7-14-23(18)21(25)16-9-8-13-22(15-16)20(24)4-2/h4,11-12,16,18H,2-3,5-10,13-15H2,1H3. The van der Waals surface area contributed by atoms with Crippen LogP contribution in [0, 0.1) is 5.92 Å². The summed E-state index contributed by atoms with van der Waals surface area (Å²) in [5.41, 5.74) is 0. The van der Waals surface area contributed by atoms with Crippen molar-refractivity contribution in [3.8, 4) is 0 Å². The van der Waals surface area contributed by atoms with Gasteiger partial charge in [0.15, 0.2) is 0 Å². The number of hydrogen-bond acceptors (Lipinski definition) is 3. The van der Waals surface area contributed by atoms with E-state index in [9.17, 15) is 9.59 Å². The van der Waals surface area contributed by atoms with Crippen LogP contribution in [-0.2, 0) is 16.0 Å². The number of amides is 2. The van der Waals surface area contributed by atoms with Gasteiger partial charge in [-0.3, -0.25) is 9.59 Å². The van der Waals surface area contributed by atoms with Gasteiger partial charge in [-0.1, -0.05) is 26.3 Å². The van der Waals surface area contributed by atoms with Crippen molar-refractivity contribution in [2.45, 2.75) is 57.9 Å². The van der Waals surface area contributed by atoms with Crippen LogP contribution in [0.5, 0.6) is 0 Å². The minimum Gasteiger partial charge on any atom is -0.464 e. The molecule has 5 nitrogen and oxygen atoms in total. The minimum absolute atomic E-state index is 0.0239. The third kappa shape index (κ3) is 4.02. The molecule has 2 saturated heterocycles. The molecule has 3 heterocycles. The zero-order valence-electron chi connectivity index (χ0n) is 15.8. The smallest absolute Gasteiger partial charge is 0.245 e. The van der Waals surface area contributed by atoms with Crippen molar-refractivity contribution in [3.63, 3.8) is 0 Å². The average molecular weight is 358 g/mol. The summed E-state index contributed by atoms with van der Waals surface area (Å²) in [6.07, 6.45) is 8.17. The third-order valence-electron chi connectivity index (χ3n) is 5.65. The number of carbonyl (C=O) groups is 2. The Balaban J connectivity index is 1.77. The summed E-state index contributed by atoms with van der Waals surface area (Å²) < 4.78 is 6.00. The second-order valence-electron chi connectivity index (χ2n) is 7.38. The Kier molecular flexibility index (Phi) is 6.17. The quantitative estimate of drug-likeness (QED) is 0.771. The molecule has 26 heavy (non-hydrogen) atoms. The van der Waals surface area contributed by atoms with Crippen LogP contribution in [0.25, 0.3) is 0 Å². The van der Waals surface area contributed by atoms with Crippen molar-refractivity contribution >= 4 is 11.8 Å². The van der Waals surface area contributed by atoms with Crippen LogP contribution in [0.4, 0.5) is 0 Å². The molecule has 2 amide bonds. The molecule has 0 spiro atoms. The maximum Gasteiger partial charge on any atom is 0.245 e. The normalized spacial score (nSPS) is 24.2. The molecule has 2 aliphatic rings. The van der Waals surface area contributed by atoms with E-state index in [1.807, 2.05) is 17.0 Å². The van der Waals surface area contributed by atoms with Crippen molar-refractivity contribution in [2.75, 3.05) is 19.6 Å². The topological polar surface area (TPSA) is 53.8 Å². The maximum atomic E-state index is 13.3. The molecule has 0 radical (unpaired) electrons. The van der Waals surface area contributed by atoms with Gasteiger partial charge in [0, 0.05) is 26.1 Å². The van der Waals surface area contributed by atoms with E-state index in [-0.39, 0.29) is 23.8 Å². The first kappa shape index (κ1) is 18.7. The molecule has 3 rings (SSSR count). The van der Waals surface area contributed by atoms with Crippen LogP contribution in [0.2, 0.25) is 0 Å². The molecule has 2 aliphatic heterocycles. The molecule has 1 aromatic heterocycles. The largest absolute Gasteiger partial charge is 0.464 e. The Morgan fingerprint density at radius 1 is 1.19 bits per heavy atom. The second kappa shape index (κ2) is 8.56. The molecule has 2 atom stereocenters. The lowest BCUT2D eigenvalue weighted by molar-refractivity contribution is -0.142. The lowest BCUT2D eigenvalue weighted by Gasteiger charge is -2.36. The molecule has 2 unspecified atom stereocenters. The molecule has 0 saturated carbocycles. The van der Waals surface area contributed by atoms with Crippen LogP contribution in [0.1, 0.15) is 63.0 Å². The molecule has 0 bridgehead atoms. The van der Waals surface area contributed by atoms with E-state index in [2.05, 4.69) is 13.5 Å². The number of rotatable bonds is 4. The molecule has 0 N–H and O–H groups in total. The number of piperidine rings is 1. The van der Waals surface area contributed by atoms with Crippen molar-refractivity contribution < 1.29 is 14.0 Å². The summed E-state index contributed by atoms with van der Waals surface area (Å²) in [6, 6.07) is 4.08. The van der Waals surface area contributed by atoms with Crippen LogP contribution in [0.3, 0.4) is 0 Å². The molecule has 0 aliphatic carbocycles. The van der Waals surface area contributed by atoms with Crippen molar-refractivity contribution in [2.24, 2.45) is 5.92 Å². The van der Waals surface area contributed by atoms with Gasteiger partial charge < -0.3 is 14.2 Å². The fourth-order valence-corrected chi connectivity index (χ4v) is 4.17. The Bertz CT molecular complexity index is 651. The highest BCUT2D eigenvalue weighted by molar-refractivity contribution is 5.88. The van der Waals surface area contributed by atoms with E-state index in [4.69, 9.17) is 4.42 Å². The highest BCUT2D eigenvalue weighted by Gasteiger charge is 2.35. The number of aryl methyl sites for hydroxylation is 1. The van der Waals surface area contributed by atoms with Gasteiger partial charge in [0.1, 0.15) is 11.5 Å². The van der Waals surface area contributed by atoms with E-state index >= 15 is 0 Å². The highest BCUT2D eigenvalue weighted by atomic mass is 16.3. The van der Waals surface area contributed by atoms with Crippen LogP contribution in [0.15, 0.2) is 29.2 Å². The summed E-state index contributed by atoms with van der Waals surface area (Å²) in [4.78, 5) is 29.1. The minimum atomic E-state index is -0.117. The predicted octanol–water partition coefficient (Wildman–Crippen LogP) is 3.71. The molecule has 142 valence electrons. The van der Waals surface area contributed by atoms with Crippen molar-refractivity contribution in [1.82, 2.24) is 9.80 Å². The van der Waals surface area contributed by atoms with Gasteiger partial charge in [-0.2, -0.15) is 0 Å². The van der Waals surface area contributed by atoms with Gasteiger partial charge in [-0.15, -0.1) is 0 Å². The maximum absolute atomic E-state index is 13.3. The summed E-state index contributed by atoms with van der Waals surface area (Å²) in [7, 11) is 0. The summed E-state index contributed by atoms with van der Waals surface area (Å²) in [5.74, 6) is 1.86. The van der Waals surface area contributed by atoms with E-state index in [0.717, 1.165) is 69.6 Å². The molecule has 2 fully saturated rings. The molecular formula is C21H30N2O3. The van der Waals surface area contributed by atoms with Gasteiger partial charge in [-0.25, -0.2) is 0 Å². The second-order valence-corrected chi connectivity index (χ2v) is 7.38. The summed E-state index contributed by atoms with van der Waals surface area (Å²) >= 11 is 0. The molecule has 0 aromatic carbocycles. The van der Waals surface area contributed by atoms with Gasteiger partial charge in [0.25, 0.3) is 0 Å². The van der Waals surface area contributed by atoms with Gasteiger partial charge in [0.2, 0.25) is 11.8 Å². The zero-order chi connectivity index (χ0) is 18.5. The van der Waals surface area contributed by atoms with E-state index < -0.39 is 0 Å². The first-order valence-corrected chi connectivity index (χ1v) is 9.94. The summed E-state index contributed by atoms with van der Waals surface area (Å²) in [5, 5.41) is 0. The zero-order valence-corrected chi connectivity index (χ0v) is 15.8. The van der Waals surface area contributed by atoms with Crippen LogP contribution < -0.4 is 0 Å². The number of furan rings is 1. The Morgan fingerprint density at radius 2 is 2.04 bits per heavy atom. The van der Waals surface area contributed by atoms with Crippen LogP contribution in [-0.4, -0.2) is 41.2 Å². The lowest BCUT2D eigenvalue weighted by Crippen LogP contribution is -2.47. The lowest BCUT2D eigenvalue weighted by atomic mass is 9.95. The Hall–Kier alpha value is -2.04. The van der Waals surface area contributed by atoms with E-state index in [1.54, 1.807) is 4.90 Å². The first-order valence-electron chi connectivity index (χ1n) is 9.94. The van der Waals surface area contributed by atoms with Gasteiger partial charge >= 0.3 is 0 Å². The van der Waals surface area contributed by atoms with Crippen molar-refractivity contribution in [1.29, 1.82) is 0 Å². The molecular weight excluding hydrogens is 328 g/mol. The Morgan fingerprint density at radius 3 is 2.77 bits per heavy atom. The predicted molar refractivity (Wildman–Crippen MR) is 101 cm³/mol. The number of hydrogen-bond donors (Lipinski definition) is 0. The highest BCUT2D eigenvalue weighted by Crippen LogP contribution is 2.33. The van der Waals surface area contributed by atoms with Crippen molar-refractivity contribution in [3.05, 3.63) is 36.3 Å². The van der Waals surface area contributed by atoms with Gasteiger partial charge in [0.05, 0.1) is 12.0 Å². The van der Waals surface area contributed by atoms with Gasteiger partial charge in [-0.05, 0) is 43.9 Å². The SMILES string of the molecule is C=CC(=O)N1CCCC(C(=O)N2CCCCCC2c2ccc(CC)o2)C1. The number of likely N-dealkylation sites (tertiary alicyclic amines) is 2. The monoisotopic (exact) mass is 358 g/mol.